The third-order valence-electron chi connectivity index (χ3n) is 2.77. The number of thiazole rings is 1. The van der Waals surface area contributed by atoms with E-state index in [0.29, 0.717) is 24.7 Å². The van der Waals surface area contributed by atoms with Crippen LogP contribution in [0.25, 0.3) is 0 Å². The molecule has 2 heterocycles. The van der Waals surface area contributed by atoms with Crippen molar-refractivity contribution in [3.63, 3.8) is 0 Å². The van der Waals surface area contributed by atoms with Gasteiger partial charge in [0.15, 0.2) is 11.5 Å². The number of nitrogens with zero attached hydrogens (tertiary/aromatic N) is 2. The highest BCUT2D eigenvalue weighted by Gasteiger charge is 2.24. The van der Waals surface area contributed by atoms with Crippen LogP contribution in [0.2, 0.25) is 0 Å². The Balaban J connectivity index is 1.96. The van der Waals surface area contributed by atoms with E-state index in [9.17, 15) is 14.9 Å². The van der Waals surface area contributed by atoms with Gasteiger partial charge in [-0.25, -0.2) is 4.98 Å². The number of rotatable bonds is 3. The van der Waals surface area contributed by atoms with Gasteiger partial charge < -0.3 is 14.8 Å². The lowest BCUT2D eigenvalue weighted by Gasteiger charge is -2.19. The van der Waals surface area contributed by atoms with Gasteiger partial charge >= 0.3 is 0 Å². The minimum absolute atomic E-state index is 0.0438. The Morgan fingerprint density at radius 3 is 2.67 bits per heavy atom. The summed E-state index contributed by atoms with van der Waals surface area (Å²) in [4.78, 5) is 26.3. The van der Waals surface area contributed by atoms with E-state index >= 15 is 0 Å². The van der Waals surface area contributed by atoms with E-state index in [1.54, 1.807) is 5.38 Å². The fourth-order valence-electron chi connectivity index (χ4n) is 1.84. The monoisotopic (exact) mass is 307 g/mol. The van der Waals surface area contributed by atoms with Crippen molar-refractivity contribution >= 4 is 28.6 Å². The number of fused-ring (bicyclic) bond motifs is 1. The van der Waals surface area contributed by atoms with Gasteiger partial charge in [-0.1, -0.05) is 0 Å². The number of ether oxygens (including phenoxy) is 2. The number of nitro benzene ring substituents is 1. The van der Waals surface area contributed by atoms with E-state index in [1.807, 2.05) is 0 Å². The molecule has 0 saturated heterocycles. The lowest BCUT2D eigenvalue weighted by molar-refractivity contribution is -0.384. The maximum absolute atomic E-state index is 12.0. The highest BCUT2D eigenvalue weighted by atomic mass is 32.1. The molecule has 0 spiro atoms. The fourth-order valence-corrected chi connectivity index (χ4v) is 2.37. The van der Waals surface area contributed by atoms with Crippen molar-refractivity contribution in [1.82, 2.24) is 4.98 Å². The van der Waals surface area contributed by atoms with E-state index < -0.39 is 10.8 Å². The standard InChI is InChI=1S/C12H9N3O5S/c16-12(8-5-21-6-13-8)14-7-3-10-11(20-2-1-19-10)4-9(7)15(17)18/h3-6H,1-2H2,(H,14,16). The van der Waals surface area contributed by atoms with Crippen LogP contribution in [-0.4, -0.2) is 29.0 Å². The second kappa shape index (κ2) is 5.37. The van der Waals surface area contributed by atoms with Gasteiger partial charge in [0.05, 0.1) is 16.5 Å². The largest absolute Gasteiger partial charge is 0.486 e. The molecule has 3 rings (SSSR count). The SMILES string of the molecule is O=C(Nc1cc2c(cc1[N+](=O)[O-])OCCO2)c1cscn1. The van der Waals surface area contributed by atoms with Crippen molar-refractivity contribution in [3.05, 3.63) is 38.8 Å². The summed E-state index contributed by atoms with van der Waals surface area (Å²) in [5, 5.41) is 15.1. The van der Waals surface area contributed by atoms with E-state index in [4.69, 9.17) is 9.47 Å². The second-order valence-electron chi connectivity index (χ2n) is 4.10. The molecule has 1 aliphatic rings. The molecule has 0 saturated carbocycles. The first-order chi connectivity index (χ1) is 10.1. The molecule has 0 fully saturated rings. The summed E-state index contributed by atoms with van der Waals surface area (Å²) in [6.45, 7) is 0.680. The zero-order valence-corrected chi connectivity index (χ0v) is 11.4. The average molecular weight is 307 g/mol. The molecule has 21 heavy (non-hydrogen) atoms. The minimum Gasteiger partial charge on any atom is -0.486 e. The smallest absolute Gasteiger partial charge is 0.296 e. The van der Waals surface area contributed by atoms with E-state index in [-0.39, 0.29) is 17.1 Å². The molecule has 0 aliphatic carbocycles. The zero-order chi connectivity index (χ0) is 14.8. The highest BCUT2D eigenvalue weighted by Crippen LogP contribution is 2.39. The molecule has 9 heteroatoms. The summed E-state index contributed by atoms with van der Waals surface area (Å²) in [5.41, 5.74) is 1.49. The summed E-state index contributed by atoms with van der Waals surface area (Å²) in [7, 11) is 0. The maximum atomic E-state index is 12.0. The third kappa shape index (κ3) is 2.63. The van der Waals surface area contributed by atoms with Crippen LogP contribution >= 0.6 is 11.3 Å². The van der Waals surface area contributed by atoms with Crippen molar-refractivity contribution in [1.29, 1.82) is 0 Å². The molecular formula is C12H9N3O5S. The zero-order valence-electron chi connectivity index (χ0n) is 10.6. The Bertz CT molecular complexity index is 701. The van der Waals surface area contributed by atoms with Gasteiger partial charge in [-0.2, -0.15) is 0 Å². The van der Waals surface area contributed by atoms with Gasteiger partial charge in [-0.05, 0) is 0 Å². The molecule has 0 radical (unpaired) electrons. The summed E-state index contributed by atoms with van der Waals surface area (Å²) in [6, 6.07) is 2.63. The summed E-state index contributed by atoms with van der Waals surface area (Å²) in [5.74, 6) is 0.135. The van der Waals surface area contributed by atoms with Crippen LogP contribution < -0.4 is 14.8 Å². The van der Waals surface area contributed by atoms with Crippen molar-refractivity contribution in [2.24, 2.45) is 0 Å². The molecule has 1 amide bonds. The molecule has 1 N–H and O–H groups in total. The quantitative estimate of drug-likeness (QED) is 0.687. The number of amides is 1. The number of aromatic nitrogens is 1. The van der Waals surface area contributed by atoms with Gasteiger partial charge in [0.25, 0.3) is 11.6 Å². The molecule has 2 aromatic rings. The van der Waals surface area contributed by atoms with Gasteiger partial charge in [-0.3, -0.25) is 14.9 Å². The fraction of sp³-hybridized carbons (Fsp3) is 0.167. The topological polar surface area (TPSA) is 104 Å². The summed E-state index contributed by atoms with van der Waals surface area (Å²) < 4.78 is 10.7. The minimum atomic E-state index is -0.588. The van der Waals surface area contributed by atoms with E-state index in [2.05, 4.69) is 10.3 Å². The van der Waals surface area contributed by atoms with Crippen LogP contribution in [0, 0.1) is 10.1 Å². The van der Waals surface area contributed by atoms with Crippen molar-refractivity contribution < 1.29 is 19.2 Å². The Morgan fingerprint density at radius 1 is 1.33 bits per heavy atom. The Labute approximate surface area is 122 Å². The number of carbonyl (C=O) groups is 1. The lowest BCUT2D eigenvalue weighted by atomic mass is 10.2. The van der Waals surface area contributed by atoms with Gasteiger partial charge in [0, 0.05) is 11.4 Å². The molecule has 1 aromatic carbocycles. The lowest BCUT2D eigenvalue weighted by Crippen LogP contribution is -2.17. The van der Waals surface area contributed by atoms with Gasteiger partial charge in [0.2, 0.25) is 0 Å². The number of nitrogens with one attached hydrogen (secondary N) is 1. The predicted molar refractivity (Wildman–Crippen MR) is 74.2 cm³/mol. The number of hydrogen-bond donors (Lipinski definition) is 1. The molecule has 0 atom stereocenters. The van der Waals surface area contributed by atoms with Crippen LogP contribution in [0.4, 0.5) is 11.4 Å². The number of nitro groups is 1. The van der Waals surface area contributed by atoms with Gasteiger partial charge in [0.1, 0.15) is 24.6 Å². The number of carbonyl (C=O) groups excluding carboxylic acids is 1. The van der Waals surface area contributed by atoms with E-state index in [1.165, 1.54) is 29.0 Å². The van der Waals surface area contributed by atoms with Gasteiger partial charge in [-0.15, -0.1) is 11.3 Å². The predicted octanol–water partition coefficient (Wildman–Crippen LogP) is 2.07. The molecule has 0 bridgehead atoms. The number of benzene rings is 1. The Kier molecular flexibility index (Phi) is 3.40. The molecule has 1 aromatic heterocycles. The van der Waals surface area contributed by atoms with Crippen molar-refractivity contribution in [3.8, 4) is 11.5 Å². The first-order valence-corrected chi connectivity index (χ1v) is 6.87. The Hall–Kier alpha value is -2.68. The average Bonchev–Trinajstić information content (AvgIpc) is 3.00. The number of hydrogen-bond acceptors (Lipinski definition) is 7. The molecule has 0 unspecified atom stereocenters. The van der Waals surface area contributed by atoms with Crippen LogP contribution in [-0.2, 0) is 0 Å². The maximum Gasteiger partial charge on any atom is 0.296 e. The second-order valence-corrected chi connectivity index (χ2v) is 4.82. The highest BCUT2D eigenvalue weighted by molar-refractivity contribution is 7.07. The number of anilines is 1. The molecule has 1 aliphatic heterocycles. The normalized spacial score (nSPS) is 12.8. The first-order valence-electron chi connectivity index (χ1n) is 5.93. The molecule has 108 valence electrons. The van der Waals surface area contributed by atoms with Crippen molar-refractivity contribution in [2.45, 2.75) is 0 Å². The Morgan fingerprint density at radius 2 is 2.05 bits per heavy atom. The molecular weight excluding hydrogens is 298 g/mol. The summed E-state index contributed by atoms with van der Waals surface area (Å²) in [6.07, 6.45) is 0. The van der Waals surface area contributed by atoms with Crippen LogP contribution in [0.15, 0.2) is 23.0 Å². The molecule has 8 nitrogen and oxygen atoms in total. The van der Waals surface area contributed by atoms with E-state index in [0.717, 1.165) is 0 Å². The third-order valence-corrected chi connectivity index (χ3v) is 3.36. The van der Waals surface area contributed by atoms with Crippen LogP contribution in [0.1, 0.15) is 10.5 Å². The summed E-state index contributed by atoms with van der Waals surface area (Å²) >= 11 is 1.26. The van der Waals surface area contributed by atoms with Crippen molar-refractivity contribution in [2.75, 3.05) is 18.5 Å². The van der Waals surface area contributed by atoms with Crippen LogP contribution in [0.3, 0.4) is 0 Å². The van der Waals surface area contributed by atoms with Crippen LogP contribution in [0.5, 0.6) is 11.5 Å². The first kappa shape index (κ1) is 13.3.